The summed E-state index contributed by atoms with van der Waals surface area (Å²) in [6.07, 6.45) is 5.33. The second-order valence-corrected chi connectivity index (χ2v) is 6.13. The number of aromatic nitrogens is 1. The zero-order valence-electron chi connectivity index (χ0n) is 13.9. The summed E-state index contributed by atoms with van der Waals surface area (Å²) in [5.74, 6) is 1.03. The SMILES string of the molecule is CCOc1ncc(NC(=O)[C@]2(OC)CCC[C@H](C)C2)cc1C. The minimum Gasteiger partial charge on any atom is -0.478 e. The van der Waals surface area contributed by atoms with Crippen LogP contribution in [-0.4, -0.2) is 30.2 Å². The molecule has 0 radical (unpaired) electrons. The predicted molar refractivity (Wildman–Crippen MR) is 86.1 cm³/mol. The Kier molecular flexibility index (Phi) is 5.40. The van der Waals surface area contributed by atoms with Crippen molar-refractivity contribution in [1.29, 1.82) is 0 Å². The summed E-state index contributed by atoms with van der Waals surface area (Å²) in [6.45, 7) is 6.58. The Labute approximate surface area is 132 Å². The molecule has 2 atom stereocenters. The molecule has 22 heavy (non-hydrogen) atoms. The highest BCUT2D eigenvalue weighted by molar-refractivity contribution is 5.97. The largest absolute Gasteiger partial charge is 0.478 e. The van der Waals surface area contributed by atoms with E-state index in [1.54, 1.807) is 13.3 Å². The first-order valence-electron chi connectivity index (χ1n) is 7.97. The number of rotatable bonds is 5. The number of hydrogen-bond donors (Lipinski definition) is 1. The number of hydrogen-bond acceptors (Lipinski definition) is 4. The minimum atomic E-state index is -0.718. The standard InChI is InChI=1S/C17H26N2O3/c1-5-22-15-13(3)9-14(11-18-15)19-16(20)17(21-4)8-6-7-12(2)10-17/h9,11-12H,5-8,10H2,1-4H3,(H,19,20)/t12-,17-/m0/s1. The second kappa shape index (κ2) is 7.09. The van der Waals surface area contributed by atoms with Gasteiger partial charge in [-0.25, -0.2) is 4.98 Å². The quantitative estimate of drug-likeness (QED) is 0.906. The average molecular weight is 306 g/mol. The number of nitrogens with one attached hydrogen (secondary N) is 1. The molecule has 5 heteroatoms. The number of ether oxygens (including phenoxy) is 2. The number of carbonyl (C=O) groups excluding carboxylic acids is 1. The highest BCUT2D eigenvalue weighted by atomic mass is 16.5. The van der Waals surface area contributed by atoms with Crippen LogP contribution in [0.15, 0.2) is 12.3 Å². The first kappa shape index (κ1) is 16.7. The Bertz CT molecular complexity index is 533. The maximum Gasteiger partial charge on any atom is 0.256 e. The van der Waals surface area contributed by atoms with Crippen LogP contribution in [0.3, 0.4) is 0 Å². The number of anilines is 1. The van der Waals surface area contributed by atoms with Crippen molar-refractivity contribution in [2.75, 3.05) is 19.0 Å². The number of aryl methyl sites for hydroxylation is 1. The maximum absolute atomic E-state index is 12.7. The van der Waals surface area contributed by atoms with E-state index in [1.165, 1.54) is 0 Å². The molecule has 1 aromatic heterocycles. The predicted octanol–water partition coefficient (Wildman–Crippen LogP) is 3.32. The first-order valence-corrected chi connectivity index (χ1v) is 7.97. The molecule has 0 spiro atoms. The van der Waals surface area contributed by atoms with Gasteiger partial charge < -0.3 is 14.8 Å². The van der Waals surface area contributed by atoms with Gasteiger partial charge in [0.2, 0.25) is 5.88 Å². The van der Waals surface area contributed by atoms with Crippen molar-refractivity contribution in [1.82, 2.24) is 4.98 Å². The normalized spacial score (nSPS) is 24.8. The topological polar surface area (TPSA) is 60.5 Å². The lowest BCUT2D eigenvalue weighted by atomic mass is 9.78. The molecule has 0 bridgehead atoms. The molecule has 1 aliphatic rings. The van der Waals surface area contributed by atoms with Gasteiger partial charge in [0, 0.05) is 12.7 Å². The van der Waals surface area contributed by atoms with Gasteiger partial charge >= 0.3 is 0 Å². The Morgan fingerprint density at radius 3 is 2.91 bits per heavy atom. The van der Waals surface area contributed by atoms with Crippen LogP contribution >= 0.6 is 0 Å². The molecule has 1 N–H and O–H groups in total. The van der Waals surface area contributed by atoms with Crippen molar-refractivity contribution in [3.63, 3.8) is 0 Å². The van der Waals surface area contributed by atoms with Crippen LogP contribution in [-0.2, 0) is 9.53 Å². The Morgan fingerprint density at radius 2 is 2.32 bits per heavy atom. The van der Waals surface area contributed by atoms with Crippen LogP contribution in [0, 0.1) is 12.8 Å². The van der Waals surface area contributed by atoms with Crippen LogP contribution in [0.25, 0.3) is 0 Å². The van der Waals surface area contributed by atoms with E-state index in [-0.39, 0.29) is 5.91 Å². The molecule has 1 fully saturated rings. The first-order chi connectivity index (χ1) is 10.5. The molecule has 1 heterocycles. The summed E-state index contributed by atoms with van der Waals surface area (Å²) in [7, 11) is 1.62. The zero-order valence-corrected chi connectivity index (χ0v) is 13.9. The molecule has 1 aliphatic carbocycles. The van der Waals surface area contributed by atoms with Gasteiger partial charge in [0.15, 0.2) is 0 Å². The van der Waals surface area contributed by atoms with E-state index in [0.717, 1.165) is 31.2 Å². The summed E-state index contributed by atoms with van der Waals surface area (Å²) < 4.78 is 11.0. The van der Waals surface area contributed by atoms with Gasteiger partial charge in [0.05, 0.1) is 18.5 Å². The molecule has 0 saturated heterocycles. The van der Waals surface area contributed by atoms with Crippen molar-refractivity contribution in [2.45, 2.75) is 52.1 Å². The number of nitrogens with zero attached hydrogens (tertiary/aromatic N) is 1. The van der Waals surface area contributed by atoms with E-state index >= 15 is 0 Å². The third kappa shape index (κ3) is 3.58. The minimum absolute atomic E-state index is 0.0769. The van der Waals surface area contributed by atoms with E-state index in [2.05, 4.69) is 17.2 Å². The molecule has 1 amide bonds. The van der Waals surface area contributed by atoms with E-state index in [4.69, 9.17) is 9.47 Å². The Hall–Kier alpha value is -1.62. The lowest BCUT2D eigenvalue weighted by Crippen LogP contribution is -2.47. The monoisotopic (exact) mass is 306 g/mol. The molecular formula is C17H26N2O3. The number of carbonyl (C=O) groups is 1. The summed E-state index contributed by atoms with van der Waals surface area (Å²) in [5.41, 5.74) is 0.869. The van der Waals surface area contributed by atoms with Crippen LogP contribution in [0.4, 0.5) is 5.69 Å². The molecule has 1 aromatic rings. The van der Waals surface area contributed by atoms with E-state index in [0.29, 0.717) is 24.1 Å². The lowest BCUT2D eigenvalue weighted by Gasteiger charge is -2.37. The molecule has 0 unspecified atom stereocenters. The fraction of sp³-hybridized carbons (Fsp3) is 0.647. The lowest BCUT2D eigenvalue weighted by molar-refractivity contribution is -0.143. The van der Waals surface area contributed by atoms with Gasteiger partial charge in [-0.2, -0.15) is 0 Å². The molecule has 0 aliphatic heterocycles. The maximum atomic E-state index is 12.7. The number of pyridine rings is 1. The summed E-state index contributed by atoms with van der Waals surface area (Å²) in [5, 5.41) is 2.95. The van der Waals surface area contributed by atoms with E-state index < -0.39 is 5.60 Å². The van der Waals surface area contributed by atoms with Gasteiger partial charge in [-0.3, -0.25) is 4.79 Å². The van der Waals surface area contributed by atoms with Crippen molar-refractivity contribution in [2.24, 2.45) is 5.92 Å². The average Bonchev–Trinajstić information content (AvgIpc) is 2.50. The molecule has 122 valence electrons. The van der Waals surface area contributed by atoms with Crippen LogP contribution in [0.5, 0.6) is 5.88 Å². The molecule has 5 nitrogen and oxygen atoms in total. The van der Waals surface area contributed by atoms with Crippen molar-refractivity contribution in [3.8, 4) is 5.88 Å². The van der Waals surface area contributed by atoms with Crippen LogP contribution < -0.4 is 10.1 Å². The summed E-state index contributed by atoms with van der Waals surface area (Å²) in [6, 6.07) is 1.88. The fourth-order valence-electron chi connectivity index (χ4n) is 3.15. The summed E-state index contributed by atoms with van der Waals surface area (Å²) >= 11 is 0. The molecular weight excluding hydrogens is 280 g/mol. The third-order valence-corrected chi connectivity index (χ3v) is 4.33. The van der Waals surface area contributed by atoms with Crippen LogP contribution in [0.2, 0.25) is 0 Å². The molecule has 2 rings (SSSR count). The van der Waals surface area contributed by atoms with Gasteiger partial charge in [-0.1, -0.05) is 13.3 Å². The second-order valence-electron chi connectivity index (χ2n) is 6.13. The third-order valence-electron chi connectivity index (χ3n) is 4.33. The van der Waals surface area contributed by atoms with Crippen molar-refractivity contribution in [3.05, 3.63) is 17.8 Å². The number of methoxy groups -OCH3 is 1. The Morgan fingerprint density at radius 1 is 1.55 bits per heavy atom. The van der Waals surface area contributed by atoms with Gasteiger partial charge in [-0.05, 0) is 45.1 Å². The van der Waals surface area contributed by atoms with Gasteiger partial charge in [-0.15, -0.1) is 0 Å². The van der Waals surface area contributed by atoms with Crippen molar-refractivity contribution >= 4 is 11.6 Å². The molecule has 0 aromatic carbocycles. The van der Waals surface area contributed by atoms with Gasteiger partial charge in [0.25, 0.3) is 5.91 Å². The van der Waals surface area contributed by atoms with Crippen LogP contribution in [0.1, 0.15) is 45.1 Å². The zero-order chi connectivity index (χ0) is 16.2. The highest BCUT2D eigenvalue weighted by Crippen LogP contribution is 2.35. The van der Waals surface area contributed by atoms with Gasteiger partial charge in [0.1, 0.15) is 5.60 Å². The fourth-order valence-corrected chi connectivity index (χ4v) is 3.15. The highest BCUT2D eigenvalue weighted by Gasteiger charge is 2.42. The Balaban J connectivity index is 2.12. The molecule has 1 saturated carbocycles. The van der Waals surface area contributed by atoms with E-state index in [9.17, 15) is 4.79 Å². The number of amides is 1. The van der Waals surface area contributed by atoms with Crippen molar-refractivity contribution < 1.29 is 14.3 Å². The summed E-state index contributed by atoms with van der Waals surface area (Å²) in [4.78, 5) is 16.9. The van der Waals surface area contributed by atoms with E-state index in [1.807, 2.05) is 19.9 Å². The smallest absolute Gasteiger partial charge is 0.256 e.